The Labute approximate surface area is 155 Å². The summed E-state index contributed by atoms with van der Waals surface area (Å²) in [4.78, 5) is 21.9. The van der Waals surface area contributed by atoms with E-state index in [1.54, 1.807) is 0 Å². The van der Waals surface area contributed by atoms with Crippen molar-refractivity contribution in [3.63, 3.8) is 0 Å². The number of aromatic nitrogens is 5. The van der Waals surface area contributed by atoms with Crippen LogP contribution in [-0.2, 0) is 0 Å². The zero-order valence-corrected chi connectivity index (χ0v) is 14.7. The van der Waals surface area contributed by atoms with Gasteiger partial charge in [0.15, 0.2) is 5.82 Å². The van der Waals surface area contributed by atoms with Gasteiger partial charge < -0.3 is 4.98 Å². The molecule has 4 heterocycles. The number of nitrogens with one attached hydrogen (secondary N) is 1. The van der Waals surface area contributed by atoms with E-state index in [1.807, 2.05) is 43.0 Å². The molecule has 5 nitrogen and oxygen atoms in total. The van der Waals surface area contributed by atoms with E-state index < -0.39 is 0 Å². The summed E-state index contributed by atoms with van der Waals surface area (Å²) in [5, 5.41) is 3.33. The normalized spacial score (nSPS) is 14.8. The van der Waals surface area contributed by atoms with Crippen LogP contribution < -0.4 is 0 Å². The van der Waals surface area contributed by atoms with E-state index in [4.69, 9.17) is 9.97 Å². The zero-order chi connectivity index (χ0) is 17.8. The van der Waals surface area contributed by atoms with Crippen molar-refractivity contribution in [3.05, 3.63) is 60.7 Å². The first kappa shape index (κ1) is 14.8. The van der Waals surface area contributed by atoms with Crippen LogP contribution in [0.2, 0.25) is 0 Å². The Morgan fingerprint density at radius 3 is 2.74 bits per heavy atom. The van der Waals surface area contributed by atoms with Crippen molar-refractivity contribution in [1.29, 1.82) is 0 Å². The molecule has 1 aliphatic carbocycles. The van der Waals surface area contributed by atoms with Gasteiger partial charge in [0.05, 0.1) is 11.7 Å². The molecule has 4 aromatic heterocycles. The maximum absolute atomic E-state index is 4.87. The fraction of sp³-hybridized carbons (Fsp3) is 0.182. The molecule has 130 valence electrons. The minimum Gasteiger partial charge on any atom is -0.339 e. The molecule has 1 fully saturated rings. The highest BCUT2D eigenvalue weighted by molar-refractivity contribution is 6.12. The number of benzene rings is 1. The van der Waals surface area contributed by atoms with Crippen LogP contribution in [-0.4, -0.2) is 24.9 Å². The molecule has 1 N–H and O–H groups in total. The summed E-state index contributed by atoms with van der Waals surface area (Å²) >= 11 is 0. The minimum atomic E-state index is 0.608. The van der Waals surface area contributed by atoms with Crippen molar-refractivity contribution < 1.29 is 0 Å². The molecule has 1 saturated carbocycles. The van der Waals surface area contributed by atoms with Gasteiger partial charge in [-0.1, -0.05) is 24.6 Å². The molecule has 0 spiro atoms. The summed E-state index contributed by atoms with van der Waals surface area (Å²) in [6.07, 6.45) is 11.4. The van der Waals surface area contributed by atoms with Crippen LogP contribution in [0.25, 0.3) is 44.2 Å². The van der Waals surface area contributed by atoms with E-state index in [1.165, 1.54) is 24.8 Å². The van der Waals surface area contributed by atoms with Gasteiger partial charge in [-0.2, -0.15) is 0 Å². The Bertz CT molecular complexity index is 1320. The molecule has 0 aliphatic heterocycles. The molecular weight excluding hydrogens is 334 g/mol. The molecule has 5 aromatic rings. The zero-order valence-electron chi connectivity index (χ0n) is 14.7. The topological polar surface area (TPSA) is 67.3 Å². The Morgan fingerprint density at radius 2 is 1.85 bits per heavy atom. The van der Waals surface area contributed by atoms with Crippen molar-refractivity contribution in [1.82, 2.24) is 24.9 Å². The summed E-state index contributed by atoms with van der Waals surface area (Å²) in [5.74, 6) is 1.32. The Balaban J connectivity index is 1.60. The van der Waals surface area contributed by atoms with Gasteiger partial charge in [0, 0.05) is 45.8 Å². The van der Waals surface area contributed by atoms with Gasteiger partial charge in [0.1, 0.15) is 5.65 Å². The van der Waals surface area contributed by atoms with E-state index in [2.05, 4.69) is 27.1 Å². The Morgan fingerprint density at radius 1 is 0.926 bits per heavy atom. The number of fused-ring (bicyclic) bond motifs is 4. The number of para-hydroxylation sites is 1. The van der Waals surface area contributed by atoms with Crippen molar-refractivity contribution >= 4 is 32.8 Å². The summed E-state index contributed by atoms with van der Waals surface area (Å²) in [6, 6.07) is 10.2. The van der Waals surface area contributed by atoms with Crippen LogP contribution in [0.4, 0.5) is 0 Å². The SMILES string of the molecule is c1ccc2c(c1)[nH]c1nccc(-c3ncc4c(C5CCC5)cncc4n3)c12. The smallest absolute Gasteiger partial charge is 0.160 e. The van der Waals surface area contributed by atoms with Crippen molar-refractivity contribution in [2.24, 2.45) is 0 Å². The van der Waals surface area contributed by atoms with Crippen LogP contribution in [0, 0.1) is 0 Å². The number of aromatic amines is 1. The van der Waals surface area contributed by atoms with E-state index in [9.17, 15) is 0 Å². The highest BCUT2D eigenvalue weighted by Gasteiger charge is 2.22. The standard InChI is InChI=1S/C22H17N5/c1-2-7-18-14(6-1)20-15(8-9-24-22(20)26-18)21-25-11-17-16(13-4-3-5-13)10-23-12-19(17)27-21/h1-2,6-13H,3-5H2,(H,24,26). The van der Waals surface area contributed by atoms with Gasteiger partial charge in [0.25, 0.3) is 0 Å². The molecule has 0 unspecified atom stereocenters. The third kappa shape index (κ3) is 2.18. The fourth-order valence-electron chi connectivity index (χ4n) is 4.10. The molecule has 1 aromatic carbocycles. The van der Waals surface area contributed by atoms with Gasteiger partial charge in [-0.25, -0.2) is 15.0 Å². The lowest BCUT2D eigenvalue weighted by molar-refractivity contribution is 0.421. The number of rotatable bonds is 2. The summed E-state index contributed by atoms with van der Waals surface area (Å²) in [5.41, 5.74) is 5.13. The van der Waals surface area contributed by atoms with Crippen molar-refractivity contribution in [2.75, 3.05) is 0 Å². The number of nitrogens with zero attached hydrogens (tertiary/aromatic N) is 4. The largest absolute Gasteiger partial charge is 0.339 e. The third-order valence-electron chi connectivity index (χ3n) is 5.73. The van der Waals surface area contributed by atoms with Crippen molar-refractivity contribution in [2.45, 2.75) is 25.2 Å². The molecule has 0 bridgehead atoms. The second-order valence-electron chi connectivity index (χ2n) is 7.24. The lowest BCUT2D eigenvalue weighted by Crippen LogP contribution is -2.10. The van der Waals surface area contributed by atoms with E-state index in [0.29, 0.717) is 11.7 Å². The first-order valence-electron chi connectivity index (χ1n) is 9.35. The second-order valence-corrected chi connectivity index (χ2v) is 7.24. The monoisotopic (exact) mass is 351 g/mol. The summed E-state index contributed by atoms with van der Waals surface area (Å²) in [7, 11) is 0. The Kier molecular flexibility index (Phi) is 3.06. The maximum Gasteiger partial charge on any atom is 0.160 e. The van der Waals surface area contributed by atoms with Crippen LogP contribution in [0.3, 0.4) is 0 Å². The molecule has 6 rings (SSSR count). The third-order valence-corrected chi connectivity index (χ3v) is 5.73. The summed E-state index contributed by atoms with van der Waals surface area (Å²) in [6.45, 7) is 0. The average Bonchev–Trinajstić information content (AvgIpc) is 3.05. The number of hydrogen-bond donors (Lipinski definition) is 1. The summed E-state index contributed by atoms with van der Waals surface area (Å²) < 4.78 is 0. The van der Waals surface area contributed by atoms with Crippen LogP contribution >= 0.6 is 0 Å². The highest BCUT2D eigenvalue weighted by atomic mass is 14.9. The first-order valence-corrected chi connectivity index (χ1v) is 9.35. The molecule has 0 amide bonds. The predicted octanol–water partition coefficient (Wildman–Crippen LogP) is 4.99. The second kappa shape index (κ2) is 5.58. The van der Waals surface area contributed by atoms with E-state index in [-0.39, 0.29) is 0 Å². The number of hydrogen-bond acceptors (Lipinski definition) is 4. The fourth-order valence-corrected chi connectivity index (χ4v) is 4.10. The molecular formula is C22H17N5. The van der Waals surface area contributed by atoms with Crippen LogP contribution in [0.15, 0.2) is 55.1 Å². The van der Waals surface area contributed by atoms with Crippen LogP contribution in [0.5, 0.6) is 0 Å². The average molecular weight is 351 g/mol. The van der Waals surface area contributed by atoms with Gasteiger partial charge in [-0.15, -0.1) is 0 Å². The predicted molar refractivity (Wildman–Crippen MR) is 107 cm³/mol. The maximum atomic E-state index is 4.87. The van der Waals surface area contributed by atoms with E-state index in [0.717, 1.165) is 38.4 Å². The molecule has 27 heavy (non-hydrogen) atoms. The van der Waals surface area contributed by atoms with E-state index >= 15 is 0 Å². The number of pyridine rings is 2. The van der Waals surface area contributed by atoms with Crippen molar-refractivity contribution in [3.8, 4) is 11.4 Å². The molecule has 1 aliphatic rings. The molecule has 0 radical (unpaired) electrons. The van der Waals surface area contributed by atoms with Crippen LogP contribution in [0.1, 0.15) is 30.7 Å². The van der Waals surface area contributed by atoms with Gasteiger partial charge in [-0.05, 0) is 36.5 Å². The molecule has 0 atom stereocenters. The minimum absolute atomic E-state index is 0.608. The lowest BCUT2D eigenvalue weighted by Gasteiger charge is -2.26. The van der Waals surface area contributed by atoms with Gasteiger partial charge in [0.2, 0.25) is 0 Å². The Hall–Kier alpha value is -3.34. The molecule has 5 heteroatoms. The number of H-pyrrole nitrogens is 1. The van der Waals surface area contributed by atoms with Gasteiger partial charge >= 0.3 is 0 Å². The highest BCUT2D eigenvalue weighted by Crippen LogP contribution is 2.39. The quantitative estimate of drug-likeness (QED) is 0.486. The van der Waals surface area contributed by atoms with Gasteiger partial charge in [-0.3, -0.25) is 4.98 Å². The molecule has 0 saturated heterocycles. The lowest BCUT2D eigenvalue weighted by atomic mass is 9.79. The first-order chi connectivity index (χ1) is 13.4.